The molecular weight excluding hydrogens is 274 g/mol. The van der Waals surface area contributed by atoms with Gasteiger partial charge in [0.05, 0.1) is 25.7 Å². The molecule has 0 spiro atoms. The molecule has 0 aliphatic carbocycles. The van der Waals surface area contributed by atoms with Crippen LogP contribution in [0.4, 0.5) is 0 Å². The number of ether oxygens (including phenoxy) is 2. The van der Waals surface area contributed by atoms with Gasteiger partial charge >= 0.3 is 5.97 Å². The van der Waals surface area contributed by atoms with E-state index < -0.39 is 0 Å². The van der Waals surface area contributed by atoms with Crippen molar-refractivity contribution < 1.29 is 24.2 Å². The second-order valence-corrected chi connectivity index (χ2v) is 5.20. The van der Waals surface area contributed by atoms with Crippen molar-refractivity contribution in [1.82, 2.24) is 4.90 Å². The Hall–Kier alpha value is -2.24. The summed E-state index contributed by atoms with van der Waals surface area (Å²) in [5.74, 6) is -0.541. The largest absolute Gasteiger partial charge is 0.507 e. The molecule has 21 heavy (non-hydrogen) atoms. The number of benzene rings is 1. The summed E-state index contributed by atoms with van der Waals surface area (Å²) < 4.78 is 9.82. The van der Waals surface area contributed by atoms with Gasteiger partial charge in [0.25, 0.3) is 5.91 Å². The van der Waals surface area contributed by atoms with E-state index in [-0.39, 0.29) is 35.0 Å². The minimum Gasteiger partial charge on any atom is -0.507 e. The van der Waals surface area contributed by atoms with Gasteiger partial charge in [-0.15, -0.1) is 0 Å². The zero-order chi connectivity index (χ0) is 15.6. The molecular formula is C15H19NO5. The van der Waals surface area contributed by atoms with Crippen LogP contribution in [0.3, 0.4) is 0 Å². The van der Waals surface area contributed by atoms with Gasteiger partial charge in [0, 0.05) is 13.1 Å². The molecule has 2 unspecified atom stereocenters. The fourth-order valence-electron chi connectivity index (χ4n) is 2.57. The second kappa shape index (κ2) is 6.03. The predicted molar refractivity (Wildman–Crippen MR) is 75.2 cm³/mol. The van der Waals surface area contributed by atoms with Crippen molar-refractivity contribution >= 4 is 11.9 Å². The molecule has 1 heterocycles. The predicted octanol–water partition coefficient (Wildman–Crippen LogP) is 1.28. The first kappa shape index (κ1) is 15.2. The standard InChI is InChI=1S/C15H19NO5/c1-9-7-16(8-12(9)15(19)21-3)14(18)11-6-10(20-2)4-5-13(11)17/h4-6,9,12,17H,7-8H2,1-3H3. The minimum absolute atomic E-state index is 0.0224. The Morgan fingerprint density at radius 2 is 2.00 bits per heavy atom. The quantitative estimate of drug-likeness (QED) is 0.850. The third-order valence-electron chi connectivity index (χ3n) is 3.84. The number of aromatic hydroxyl groups is 1. The lowest BCUT2D eigenvalue weighted by Gasteiger charge is -2.17. The third-order valence-corrected chi connectivity index (χ3v) is 3.84. The molecule has 1 aromatic carbocycles. The first-order valence-corrected chi connectivity index (χ1v) is 6.72. The number of methoxy groups -OCH3 is 2. The molecule has 0 bridgehead atoms. The summed E-state index contributed by atoms with van der Waals surface area (Å²) in [4.78, 5) is 25.7. The van der Waals surface area contributed by atoms with E-state index in [1.807, 2.05) is 6.92 Å². The minimum atomic E-state index is -0.327. The van der Waals surface area contributed by atoms with Gasteiger partial charge in [-0.1, -0.05) is 6.92 Å². The third kappa shape index (κ3) is 2.94. The van der Waals surface area contributed by atoms with Crippen molar-refractivity contribution in [2.24, 2.45) is 11.8 Å². The van der Waals surface area contributed by atoms with E-state index in [1.165, 1.54) is 26.4 Å². The summed E-state index contributed by atoms with van der Waals surface area (Å²) in [5.41, 5.74) is 0.173. The summed E-state index contributed by atoms with van der Waals surface area (Å²) >= 11 is 0. The maximum Gasteiger partial charge on any atom is 0.310 e. The van der Waals surface area contributed by atoms with Crippen molar-refractivity contribution in [1.29, 1.82) is 0 Å². The first-order valence-electron chi connectivity index (χ1n) is 6.72. The van der Waals surface area contributed by atoms with Gasteiger partial charge in [0.1, 0.15) is 11.5 Å². The Morgan fingerprint density at radius 3 is 2.62 bits per heavy atom. The highest BCUT2D eigenvalue weighted by Crippen LogP contribution is 2.29. The van der Waals surface area contributed by atoms with Gasteiger partial charge in [-0.3, -0.25) is 9.59 Å². The lowest BCUT2D eigenvalue weighted by Crippen LogP contribution is -2.30. The first-order chi connectivity index (χ1) is 9.97. The van der Waals surface area contributed by atoms with E-state index in [0.29, 0.717) is 18.8 Å². The summed E-state index contributed by atoms with van der Waals surface area (Å²) in [6.07, 6.45) is 0. The summed E-state index contributed by atoms with van der Waals surface area (Å²) in [6, 6.07) is 4.49. The van der Waals surface area contributed by atoms with Gasteiger partial charge in [0.2, 0.25) is 0 Å². The number of nitrogens with zero attached hydrogens (tertiary/aromatic N) is 1. The molecule has 1 saturated heterocycles. The van der Waals surface area contributed by atoms with Crippen LogP contribution in [0.25, 0.3) is 0 Å². The highest BCUT2D eigenvalue weighted by molar-refractivity contribution is 5.97. The number of carbonyl (C=O) groups excluding carboxylic acids is 2. The van der Waals surface area contributed by atoms with E-state index in [0.717, 1.165) is 0 Å². The molecule has 1 N–H and O–H groups in total. The van der Waals surface area contributed by atoms with E-state index in [2.05, 4.69) is 0 Å². The lowest BCUT2D eigenvalue weighted by molar-refractivity contribution is -0.146. The number of phenols is 1. The average molecular weight is 293 g/mol. The Morgan fingerprint density at radius 1 is 1.29 bits per heavy atom. The molecule has 6 nitrogen and oxygen atoms in total. The van der Waals surface area contributed by atoms with Crippen LogP contribution in [0.5, 0.6) is 11.5 Å². The van der Waals surface area contributed by atoms with Crippen LogP contribution in [0.1, 0.15) is 17.3 Å². The fraction of sp³-hybridized carbons (Fsp3) is 0.467. The highest BCUT2D eigenvalue weighted by Gasteiger charge is 2.38. The molecule has 0 radical (unpaired) electrons. The molecule has 2 rings (SSSR count). The Kier molecular flexibility index (Phi) is 4.35. The van der Waals surface area contributed by atoms with Crippen LogP contribution in [-0.2, 0) is 9.53 Å². The monoisotopic (exact) mass is 293 g/mol. The summed E-state index contributed by atoms with van der Waals surface area (Å²) in [6.45, 7) is 2.65. The fourth-order valence-corrected chi connectivity index (χ4v) is 2.57. The van der Waals surface area contributed by atoms with E-state index in [4.69, 9.17) is 9.47 Å². The van der Waals surface area contributed by atoms with Gasteiger partial charge in [-0.2, -0.15) is 0 Å². The summed E-state index contributed by atoms with van der Waals surface area (Å²) in [5, 5.41) is 9.85. The number of phenolic OH excluding ortho intramolecular Hbond substituents is 1. The second-order valence-electron chi connectivity index (χ2n) is 5.20. The molecule has 1 amide bonds. The van der Waals surface area contributed by atoms with Gasteiger partial charge in [0.15, 0.2) is 0 Å². The number of amides is 1. The van der Waals surface area contributed by atoms with Crippen LogP contribution in [-0.4, -0.2) is 49.2 Å². The molecule has 1 aromatic rings. The number of hydrogen-bond acceptors (Lipinski definition) is 5. The smallest absolute Gasteiger partial charge is 0.310 e. The normalized spacial score (nSPS) is 21.2. The van der Waals surface area contributed by atoms with Crippen molar-refractivity contribution in [3.63, 3.8) is 0 Å². The maximum atomic E-state index is 12.5. The molecule has 2 atom stereocenters. The molecule has 0 saturated carbocycles. The Bertz CT molecular complexity index is 557. The maximum absolute atomic E-state index is 12.5. The van der Waals surface area contributed by atoms with Crippen LogP contribution in [0, 0.1) is 11.8 Å². The SMILES string of the molecule is COC(=O)C1CN(C(=O)c2cc(OC)ccc2O)CC1C. The molecule has 1 aliphatic rings. The zero-order valence-electron chi connectivity index (χ0n) is 12.3. The van der Waals surface area contributed by atoms with E-state index >= 15 is 0 Å². The van der Waals surface area contributed by atoms with Gasteiger partial charge in [-0.25, -0.2) is 0 Å². The van der Waals surface area contributed by atoms with Crippen molar-refractivity contribution in [2.75, 3.05) is 27.3 Å². The zero-order valence-corrected chi connectivity index (χ0v) is 12.3. The van der Waals surface area contributed by atoms with Crippen LogP contribution >= 0.6 is 0 Å². The van der Waals surface area contributed by atoms with Crippen LogP contribution < -0.4 is 4.74 Å². The molecule has 1 fully saturated rings. The van der Waals surface area contributed by atoms with E-state index in [9.17, 15) is 14.7 Å². The van der Waals surface area contributed by atoms with Crippen molar-refractivity contribution in [3.8, 4) is 11.5 Å². The number of rotatable bonds is 3. The average Bonchev–Trinajstić information content (AvgIpc) is 2.88. The molecule has 6 heteroatoms. The lowest BCUT2D eigenvalue weighted by atomic mass is 9.99. The summed E-state index contributed by atoms with van der Waals surface area (Å²) in [7, 11) is 2.83. The Balaban J connectivity index is 2.20. The van der Waals surface area contributed by atoms with Crippen LogP contribution in [0.2, 0.25) is 0 Å². The van der Waals surface area contributed by atoms with Crippen molar-refractivity contribution in [2.45, 2.75) is 6.92 Å². The molecule has 1 aliphatic heterocycles. The van der Waals surface area contributed by atoms with Gasteiger partial charge in [-0.05, 0) is 24.1 Å². The molecule has 0 aromatic heterocycles. The van der Waals surface area contributed by atoms with Crippen LogP contribution in [0.15, 0.2) is 18.2 Å². The van der Waals surface area contributed by atoms with Gasteiger partial charge < -0.3 is 19.5 Å². The Labute approximate surface area is 123 Å². The number of likely N-dealkylation sites (tertiary alicyclic amines) is 1. The highest BCUT2D eigenvalue weighted by atomic mass is 16.5. The topological polar surface area (TPSA) is 76.1 Å². The molecule has 114 valence electrons. The number of esters is 1. The number of carbonyl (C=O) groups is 2. The van der Waals surface area contributed by atoms with E-state index in [1.54, 1.807) is 11.0 Å². The number of hydrogen-bond donors (Lipinski definition) is 1. The van der Waals surface area contributed by atoms with Crippen molar-refractivity contribution in [3.05, 3.63) is 23.8 Å².